The van der Waals surface area contributed by atoms with Crippen molar-refractivity contribution in [3.8, 4) is 0 Å². The summed E-state index contributed by atoms with van der Waals surface area (Å²) in [5, 5.41) is 18.4. The summed E-state index contributed by atoms with van der Waals surface area (Å²) in [4.78, 5) is 18.1. The summed E-state index contributed by atoms with van der Waals surface area (Å²) in [5.41, 5.74) is 1.16. The third kappa shape index (κ3) is 4.17. The Morgan fingerprint density at radius 1 is 1.48 bits per heavy atom. The van der Waals surface area contributed by atoms with E-state index < -0.39 is 5.97 Å². The highest BCUT2D eigenvalue weighted by molar-refractivity contribution is 5.88. The van der Waals surface area contributed by atoms with E-state index in [1.165, 1.54) is 0 Å². The molecule has 1 aromatic heterocycles. The first-order valence-corrected chi connectivity index (χ1v) is 7.74. The van der Waals surface area contributed by atoms with Crippen LogP contribution in [0.2, 0.25) is 0 Å². The summed E-state index contributed by atoms with van der Waals surface area (Å²) in [5.74, 6) is 0.328. The predicted octanol–water partition coefficient (Wildman–Crippen LogP) is 2.33. The second-order valence-electron chi connectivity index (χ2n) is 5.73. The van der Waals surface area contributed by atoms with Gasteiger partial charge in [-0.1, -0.05) is 13.3 Å². The lowest BCUT2D eigenvalue weighted by atomic mass is 9.95. The van der Waals surface area contributed by atoms with E-state index in [0.717, 1.165) is 56.7 Å². The fourth-order valence-corrected chi connectivity index (χ4v) is 2.93. The van der Waals surface area contributed by atoms with E-state index in [4.69, 9.17) is 5.11 Å². The van der Waals surface area contributed by atoms with Crippen molar-refractivity contribution in [1.29, 1.82) is 0 Å². The number of aryl methyl sites for hydroxylation is 1. The Morgan fingerprint density at radius 2 is 2.29 bits per heavy atom. The molecule has 1 unspecified atom stereocenters. The molecule has 1 fully saturated rings. The molecule has 0 saturated carbocycles. The van der Waals surface area contributed by atoms with Crippen LogP contribution in [0.1, 0.15) is 48.7 Å². The van der Waals surface area contributed by atoms with Crippen LogP contribution in [0.4, 0.5) is 5.82 Å². The van der Waals surface area contributed by atoms with Crippen molar-refractivity contribution in [2.24, 2.45) is 5.92 Å². The van der Waals surface area contributed by atoms with Crippen LogP contribution in [0.15, 0.2) is 12.1 Å². The number of carboxylic acid groups (broad SMARTS) is 1. The number of carboxylic acids is 1. The fraction of sp³-hybridized carbons (Fsp3) is 0.625. The van der Waals surface area contributed by atoms with Gasteiger partial charge in [-0.2, -0.15) is 0 Å². The van der Waals surface area contributed by atoms with Crippen molar-refractivity contribution < 1.29 is 15.0 Å². The van der Waals surface area contributed by atoms with E-state index in [9.17, 15) is 9.90 Å². The normalized spacial score (nSPS) is 18.8. The highest BCUT2D eigenvalue weighted by Gasteiger charge is 2.21. The van der Waals surface area contributed by atoms with Crippen molar-refractivity contribution in [3.05, 3.63) is 23.4 Å². The number of rotatable bonds is 6. The minimum atomic E-state index is -0.903. The van der Waals surface area contributed by atoms with Gasteiger partial charge in [-0.15, -0.1) is 0 Å². The summed E-state index contributed by atoms with van der Waals surface area (Å²) in [6.45, 7) is 4.03. The van der Waals surface area contributed by atoms with Gasteiger partial charge in [0.05, 0.1) is 5.56 Å². The average Bonchev–Trinajstić information content (AvgIpc) is 2.48. The topological polar surface area (TPSA) is 73.7 Å². The van der Waals surface area contributed by atoms with Crippen LogP contribution in [-0.4, -0.2) is 40.9 Å². The number of piperidine rings is 1. The highest BCUT2D eigenvalue weighted by Crippen LogP contribution is 2.25. The van der Waals surface area contributed by atoms with Crippen molar-refractivity contribution >= 4 is 11.8 Å². The van der Waals surface area contributed by atoms with Crippen molar-refractivity contribution in [2.45, 2.75) is 39.0 Å². The molecule has 0 radical (unpaired) electrons. The summed E-state index contributed by atoms with van der Waals surface area (Å²) >= 11 is 0. The zero-order valence-electron chi connectivity index (χ0n) is 12.6. The lowest BCUT2D eigenvalue weighted by Gasteiger charge is -2.33. The second kappa shape index (κ2) is 7.41. The van der Waals surface area contributed by atoms with E-state index in [-0.39, 0.29) is 6.61 Å². The SMILES string of the molecule is CCCc1cc(C(=O)O)cc(N2CCCC(CCO)C2)n1. The molecule has 0 amide bonds. The van der Waals surface area contributed by atoms with Gasteiger partial charge in [0.15, 0.2) is 0 Å². The lowest BCUT2D eigenvalue weighted by Crippen LogP contribution is -2.36. The Bertz CT molecular complexity index is 488. The number of pyridine rings is 1. The van der Waals surface area contributed by atoms with Gasteiger partial charge in [-0.05, 0) is 43.7 Å². The fourth-order valence-electron chi connectivity index (χ4n) is 2.93. The maximum Gasteiger partial charge on any atom is 0.335 e. The zero-order valence-corrected chi connectivity index (χ0v) is 12.6. The third-order valence-electron chi connectivity index (χ3n) is 4.00. The zero-order chi connectivity index (χ0) is 15.2. The molecule has 1 aromatic rings. The molecule has 2 heterocycles. The van der Waals surface area contributed by atoms with Crippen LogP contribution in [-0.2, 0) is 6.42 Å². The van der Waals surface area contributed by atoms with Gasteiger partial charge < -0.3 is 15.1 Å². The maximum absolute atomic E-state index is 11.3. The molecule has 2 rings (SSSR count). The minimum absolute atomic E-state index is 0.211. The number of aromatic nitrogens is 1. The van der Waals surface area contributed by atoms with Crippen LogP contribution in [0.3, 0.4) is 0 Å². The summed E-state index contributed by atoms with van der Waals surface area (Å²) < 4.78 is 0. The number of aromatic carboxylic acids is 1. The van der Waals surface area contributed by atoms with Crippen LogP contribution < -0.4 is 4.90 Å². The smallest absolute Gasteiger partial charge is 0.335 e. The van der Waals surface area contributed by atoms with E-state index in [1.54, 1.807) is 12.1 Å². The quantitative estimate of drug-likeness (QED) is 0.842. The molecule has 5 nitrogen and oxygen atoms in total. The van der Waals surface area contributed by atoms with Crippen LogP contribution >= 0.6 is 0 Å². The Morgan fingerprint density at radius 3 is 2.95 bits per heavy atom. The molecular weight excluding hydrogens is 268 g/mol. The number of anilines is 1. The Hall–Kier alpha value is -1.62. The van der Waals surface area contributed by atoms with Crippen LogP contribution in [0, 0.1) is 5.92 Å². The molecule has 0 aromatic carbocycles. The van der Waals surface area contributed by atoms with E-state index in [2.05, 4.69) is 16.8 Å². The van der Waals surface area contributed by atoms with Crippen molar-refractivity contribution in [1.82, 2.24) is 4.98 Å². The lowest BCUT2D eigenvalue weighted by molar-refractivity contribution is 0.0696. The van der Waals surface area contributed by atoms with Crippen LogP contribution in [0.5, 0.6) is 0 Å². The molecule has 1 atom stereocenters. The Kier molecular flexibility index (Phi) is 5.56. The van der Waals surface area contributed by atoms with Crippen LogP contribution in [0.25, 0.3) is 0 Å². The molecule has 1 saturated heterocycles. The van der Waals surface area contributed by atoms with Gasteiger partial charge in [0.2, 0.25) is 0 Å². The van der Waals surface area contributed by atoms with Gasteiger partial charge >= 0.3 is 5.97 Å². The monoisotopic (exact) mass is 292 g/mol. The van der Waals surface area contributed by atoms with E-state index in [0.29, 0.717) is 11.5 Å². The minimum Gasteiger partial charge on any atom is -0.478 e. The number of aliphatic hydroxyl groups is 1. The summed E-state index contributed by atoms with van der Waals surface area (Å²) in [7, 11) is 0. The van der Waals surface area contributed by atoms with E-state index in [1.807, 2.05) is 0 Å². The number of carbonyl (C=O) groups is 1. The number of hydrogen-bond donors (Lipinski definition) is 2. The Balaban J connectivity index is 2.22. The van der Waals surface area contributed by atoms with Gasteiger partial charge in [0, 0.05) is 25.4 Å². The van der Waals surface area contributed by atoms with Gasteiger partial charge in [-0.25, -0.2) is 9.78 Å². The molecular formula is C16H24N2O3. The van der Waals surface area contributed by atoms with Gasteiger partial charge in [0.25, 0.3) is 0 Å². The second-order valence-corrected chi connectivity index (χ2v) is 5.73. The molecule has 5 heteroatoms. The predicted molar refractivity (Wildman–Crippen MR) is 81.8 cm³/mol. The summed E-state index contributed by atoms with van der Waals surface area (Å²) in [6.07, 6.45) is 4.73. The molecule has 0 bridgehead atoms. The standard InChI is InChI=1S/C16H24N2O3/c1-2-4-14-9-13(16(20)21)10-15(17-14)18-7-3-5-12(11-18)6-8-19/h9-10,12,19H,2-8,11H2,1H3,(H,20,21). The highest BCUT2D eigenvalue weighted by atomic mass is 16.4. The first-order chi connectivity index (χ1) is 10.1. The largest absolute Gasteiger partial charge is 0.478 e. The molecule has 2 N–H and O–H groups in total. The van der Waals surface area contributed by atoms with E-state index >= 15 is 0 Å². The first kappa shape index (κ1) is 15.8. The molecule has 0 aliphatic carbocycles. The number of hydrogen-bond acceptors (Lipinski definition) is 4. The first-order valence-electron chi connectivity index (χ1n) is 7.74. The van der Waals surface area contributed by atoms with Gasteiger partial charge in [0.1, 0.15) is 5.82 Å². The number of nitrogens with zero attached hydrogens (tertiary/aromatic N) is 2. The molecule has 21 heavy (non-hydrogen) atoms. The molecule has 116 valence electrons. The maximum atomic E-state index is 11.3. The Labute approximate surface area is 125 Å². The third-order valence-corrected chi connectivity index (χ3v) is 4.00. The summed E-state index contributed by atoms with van der Waals surface area (Å²) in [6, 6.07) is 3.34. The number of aliphatic hydroxyl groups excluding tert-OH is 1. The van der Waals surface area contributed by atoms with Crippen molar-refractivity contribution in [2.75, 3.05) is 24.6 Å². The van der Waals surface area contributed by atoms with Crippen molar-refractivity contribution in [3.63, 3.8) is 0 Å². The average molecular weight is 292 g/mol. The molecule has 0 spiro atoms. The molecule has 1 aliphatic heterocycles. The molecule has 1 aliphatic rings. The van der Waals surface area contributed by atoms with Gasteiger partial charge in [-0.3, -0.25) is 0 Å².